The molecule has 1 saturated carbocycles. The molecule has 4 unspecified atom stereocenters. The molecular formula is C71H74F8N24. The third-order valence-corrected chi connectivity index (χ3v) is 15.9. The van der Waals surface area contributed by atoms with Crippen LogP contribution in [-0.2, 0) is 0 Å². The third kappa shape index (κ3) is 21.1. The second-order valence-electron chi connectivity index (χ2n) is 24.1. The number of anilines is 12. The minimum atomic E-state index is -0.608. The van der Waals surface area contributed by atoms with Crippen molar-refractivity contribution in [3.05, 3.63) is 244 Å². The van der Waals surface area contributed by atoms with Crippen molar-refractivity contribution in [2.24, 2.45) is 0 Å². The van der Waals surface area contributed by atoms with E-state index in [1.807, 2.05) is 50.3 Å². The molecular weight excluding hydrogens is 1340 g/mol. The summed E-state index contributed by atoms with van der Waals surface area (Å²) in [5.41, 5.74) is 5.36. The highest BCUT2D eigenvalue weighted by Crippen LogP contribution is 2.36. The van der Waals surface area contributed by atoms with E-state index in [0.717, 1.165) is 47.0 Å². The third-order valence-electron chi connectivity index (χ3n) is 15.9. The summed E-state index contributed by atoms with van der Waals surface area (Å²) in [5.74, 6) is 2.94. The molecule has 13 rings (SSSR count). The van der Waals surface area contributed by atoms with Crippen LogP contribution in [0.25, 0.3) is 6.08 Å². The fourth-order valence-corrected chi connectivity index (χ4v) is 10.3. The van der Waals surface area contributed by atoms with Gasteiger partial charge in [0.15, 0.2) is 23.3 Å². The largest absolute Gasteiger partial charge is 0.363 e. The van der Waals surface area contributed by atoms with Crippen LogP contribution < -0.4 is 42.5 Å². The Kier molecular flexibility index (Phi) is 24.6. The number of benzene rings is 4. The van der Waals surface area contributed by atoms with Gasteiger partial charge in [-0.05, 0) is 90.6 Å². The highest BCUT2D eigenvalue weighted by molar-refractivity contribution is 5.61. The van der Waals surface area contributed by atoms with Gasteiger partial charge in [0.25, 0.3) is 0 Å². The number of hydrogen-bond acceptors (Lipinski definition) is 20. The van der Waals surface area contributed by atoms with Gasteiger partial charge >= 0.3 is 0 Å². The number of aromatic nitrogens is 16. The first-order chi connectivity index (χ1) is 49.6. The molecule has 0 spiro atoms. The van der Waals surface area contributed by atoms with E-state index >= 15 is 0 Å². The van der Waals surface area contributed by atoms with Crippen molar-refractivity contribution >= 4 is 75.9 Å². The summed E-state index contributed by atoms with van der Waals surface area (Å²) in [6.45, 7) is 15.0. The summed E-state index contributed by atoms with van der Waals surface area (Å²) >= 11 is 0. The lowest BCUT2D eigenvalue weighted by Crippen LogP contribution is -2.10. The van der Waals surface area contributed by atoms with E-state index in [1.54, 1.807) is 52.0 Å². The van der Waals surface area contributed by atoms with Crippen LogP contribution in [0.1, 0.15) is 149 Å². The number of aryl methyl sites for hydroxylation is 1. The highest BCUT2D eigenvalue weighted by Gasteiger charge is 2.23. The van der Waals surface area contributed by atoms with E-state index in [1.165, 1.54) is 93.1 Å². The van der Waals surface area contributed by atoms with E-state index in [-0.39, 0.29) is 12.1 Å². The number of aromatic amines is 4. The van der Waals surface area contributed by atoms with E-state index in [4.69, 9.17) is 0 Å². The Morgan fingerprint density at radius 3 is 1.02 bits per heavy atom. The normalized spacial score (nSPS) is 13.0. The minimum absolute atomic E-state index is 0.340. The highest BCUT2D eigenvalue weighted by atomic mass is 19.2. The number of halogens is 8. The van der Waals surface area contributed by atoms with Crippen molar-refractivity contribution in [1.29, 1.82) is 0 Å². The first-order valence-corrected chi connectivity index (χ1v) is 32.6. The van der Waals surface area contributed by atoms with Gasteiger partial charge in [-0.2, -0.15) is 20.4 Å². The van der Waals surface area contributed by atoms with Crippen LogP contribution in [0.4, 0.5) is 105 Å². The molecule has 8 aromatic heterocycles. The van der Waals surface area contributed by atoms with Crippen molar-refractivity contribution in [2.45, 2.75) is 111 Å². The van der Waals surface area contributed by atoms with Crippen LogP contribution in [0.3, 0.4) is 0 Å². The number of hydrogen-bond donors (Lipinski definition) is 12. The number of H-pyrrole nitrogens is 4. The number of allylic oxidation sites excluding steroid dienone is 1. The van der Waals surface area contributed by atoms with Crippen molar-refractivity contribution in [3.8, 4) is 0 Å². The van der Waals surface area contributed by atoms with Gasteiger partial charge in [-0.1, -0.05) is 50.6 Å². The maximum absolute atomic E-state index is 13.9. The van der Waals surface area contributed by atoms with Crippen LogP contribution in [0.15, 0.2) is 153 Å². The van der Waals surface area contributed by atoms with Gasteiger partial charge in [-0.3, -0.25) is 20.4 Å². The van der Waals surface area contributed by atoms with Crippen LogP contribution >= 0.6 is 0 Å². The lowest BCUT2D eigenvalue weighted by atomic mass is 9.83. The maximum Gasteiger partial charge on any atom is 0.153 e. The molecule has 1 aliphatic rings. The molecule has 0 saturated heterocycles. The van der Waals surface area contributed by atoms with Gasteiger partial charge < -0.3 is 42.5 Å². The smallest absolute Gasteiger partial charge is 0.153 e. The summed E-state index contributed by atoms with van der Waals surface area (Å²) in [6.07, 6.45) is 13.0. The summed E-state index contributed by atoms with van der Waals surface area (Å²) in [5, 5.41) is 53.1. The van der Waals surface area contributed by atoms with Crippen molar-refractivity contribution in [1.82, 2.24) is 80.7 Å². The Morgan fingerprint density at radius 1 is 0.369 bits per heavy atom. The topological polar surface area (TPSA) is 314 Å². The van der Waals surface area contributed by atoms with Crippen molar-refractivity contribution in [3.63, 3.8) is 0 Å². The zero-order chi connectivity index (χ0) is 73.1. The Hall–Kier alpha value is -12.4. The van der Waals surface area contributed by atoms with E-state index < -0.39 is 58.6 Å². The zero-order valence-corrected chi connectivity index (χ0v) is 57.0. The van der Waals surface area contributed by atoms with Crippen LogP contribution in [0.5, 0.6) is 0 Å². The first kappa shape index (κ1) is 73.3. The van der Waals surface area contributed by atoms with Gasteiger partial charge in [-0.15, -0.1) is 0 Å². The molecule has 1 aliphatic carbocycles. The average Bonchev–Trinajstić information content (AvgIpc) is 1.83. The summed E-state index contributed by atoms with van der Waals surface area (Å²) < 4.78 is 108. The van der Waals surface area contributed by atoms with Gasteiger partial charge in [0, 0.05) is 118 Å². The van der Waals surface area contributed by atoms with Gasteiger partial charge in [0.2, 0.25) is 0 Å². The van der Waals surface area contributed by atoms with E-state index in [2.05, 4.69) is 137 Å². The molecule has 24 nitrogen and oxygen atoms in total. The fourth-order valence-electron chi connectivity index (χ4n) is 10.3. The SMILES string of the molecule is C/C=C/c1cc(Nc2cc(NC(C)c3ccc(F)cc3F)ncn2)n[nH]1.CC(C)c1cc(Nc2cc(NC(C)c3ccc(F)cc3F)ncn2)n[nH]1.CC(Nc1cc(Nc2cc(C3CCC3)[nH]n2)ncn1)c1ccc(F)cc1F.Cc1cc(Nc2cc(NC(C)c3ccc(F)cc3F)ncn2)n[nH]1. The Bertz CT molecular complexity index is 4790. The molecule has 0 radical (unpaired) electrons. The Balaban J connectivity index is 0.000000148. The van der Waals surface area contributed by atoms with Crippen LogP contribution in [0, 0.1) is 53.5 Å². The molecule has 32 heteroatoms. The standard InChI is InChI=1S/C19H20F2N6.C18H20F2N6.C18H18F2N6.C16H16F2N6/c1-11(14-6-5-13(20)7-15(14)21)24-17-9-18(23-10-22-17)25-19-8-16(26-27-19)12-3-2-4-12;1-10(2)15-7-18(26-25-15)24-17-8-16(21-9-22-17)23-11(3)13-5-4-12(19)6-14(13)20;1-3-4-13-8-18(26-25-13)24-17-9-16(21-10-22-17)23-11(2)14-6-5-12(19)7-15(14)20;1-9-5-16(24-23-9)22-15-7-14(19-8-20-15)21-10(2)12-4-3-11(17)6-13(12)18/h5-12H,2-4H2,1H3,(H3,22,23,24,25,26,27);4-11H,1-3H3,(H3,21,22,23,24,25,26);3-11H,1-2H3,(H3,21,22,23,24,25,26);3-8,10H,1-2H3,(H3,19,20,21,22,23,24)/b;;4-3+;. The molecule has 4 atom stereocenters. The predicted molar refractivity (Wildman–Crippen MR) is 379 cm³/mol. The lowest BCUT2D eigenvalue weighted by Gasteiger charge is -2.23. The van der Waals surface area contributed by atoms with E-state index in [9.17, 15) is 35.1 Å². The Morgan fingerprint density at radius 2 is 0.699 bits per heavy atom. The lowest BCUT2D eigenvalue weighted by molar-refractivity contribution is 0.410. The number of rotatable bonds is 23. The number of nitrogens with zero attached hydrogens (tertiary/aromatic N) is 12. The molecule has 12 aromatic rings. The molecule has 8 heterocycles. The summed E-state index contributed by atoms with van der Waals surface area (Å²) in [6, 6.07) is 26.8. The molecule has 4 aromatic carbocycles. The molecule has 0 bridgehead atoms. The summed E-state index contributed by atoms with van der Waals surface area (Å²) in [7, 11) is 0. The molecule has 534 valence electrons. The Labute approximate surface area is 586 Å². The second kappa shape index (κ2) is 34.6. The van der Waals surface area contributed by atoms with Gasteiger partial charge in [-0.25, -0.2) is 75.0 Å². The molecule has 103 heavy (non-hydrogen) atoms. The van der Waals surface area contributed by atoms with Gasteiger partial charge in [0.1, 0.15) is 118 Å². The van der Waals surface area contributed by atoms with Gasteiger partial charge in [0.05, 0.1) is 29.9 Å². The molecule has 12 N–H and O–H groups in total. The second-order valence-corrected chi connectivity index (χ2v) is 24.1. The first-order valence-electron chi connectivity index (χ1n) is 32.6. The maximum atomic E-state index is 13.9. The zero-order valence-electron chi connectivity index (χ0n) is 57.0. The van der Waals surface area contributed by atoms with Crippen molar-refractivity contribution in [2.75, 3.05) is 42.5 Å². The van der Waals surface area contributed by atoms with E-state index in [0.29, 0.717) is 104 Å². The quantitative estimate of drug-likeness (QED) is 0.0265. The average molecular weight is 1420 g/mol. The van der Waals surface area contributed by atoms with Crippen molar-refractivity contribution < 1.29 is 35.1 Å². The monoisotopic (exact) mass is 1410 g/mol. The van der Waals surface area contributed by atoms with Crippen LogP contribution in [-0.4, -0.2) is 80.7 Å². The molecule has 1 fully saturated rings. The molecule has 0 amide bonds. The van der Waals surface area contributed by atoms with Crippen LogP contribution in [0.2, 0.25) is 0 Å². The molecule has 0 aliphatic heterocycles. The predicted octanol–water partition coefficient (Wildman–Crippen LogP) is 17.3. The summed E-state index contributed by atoms with van der Waals surface area (Å²) in [4.78, 5) is 33.2. The minimum Gasteiger partial charge on any atom is -0.363 e. The fraction of sp³-hybridized carbons (Fsp3) is 0.239. The number of nitrogens with one attached hydrogen (secondary N) is 12.